The molecule has 5 nitrogen and oxygen atoms in total. The zero-order valence-electron chi connectivity index (χ0n) is 10.7. The number of rotatable bonds is 8. The minimum atomic E-state index is 0.00668. The molecule has 0 aliphatic heterocycles. The molecule has 0 aromatic carbocycles. The maximum Gasteiger partial charge on any atom is 0.233 e. The molecular weight excluding hydrogens is 218 g/mol. The second-order valence-corrected chi connectivity index (χ2v) is 4.94. The Morgan fingerprint density at radius 3 is 2.47 bits per heavy atom. The third-order valence-corrected chi connectivity index (χ3v) is 2.54. The van der Waals surface area contributed by atoms with E-state index in [2.05, 4.69) is 29.8 Å². The molecule has 1 rings (SSSR count). The Morgan fingerprint density at radius 2 is 1.88 bits per heavy atom. The van der Waals surface area contributed by atoms with E-state index in [0.717, 1.165) is 12.8 Å². The first-order valence-electron chi connectivity index (χ1n) is 6.34. The Morgan fingerprint density at radius 1 is 1.18 bits per heavy atom. The highest BCUT2D eigenvalue weighted by Crippen LogP contribution is 2.28. The van der Waals surface area contributed by atoms with E-state index in [1.807, 2.05) is 0 Å². The van der Waals surface area contributed by atoms with E-state index >= 15 is 0 Å². The molecule has 1 aliphatic rings. The van der Waals surface area contributed by atoms with Crippen molar-refractivity contribution in [3.63, 3.8) is 0 Å². The quantitative estimate of drug-likeness (QED) is 0.519. The molecule has 0 aromatic heterocycles. The Labute approximate surface area is 103 Å². The summed E-state index contributed by atoms with van der Waals surface area (Å²) in [5.74, 6) is 0.879. The fraction of sp³-hybridized carbons (Fsp3) is 0.833. The van der Waals surface area contributed by atoms with Crippen molar-refractivity contribution in [2.45, 2.75) is 26.7 Å². The molecule has 0 saturated heterocycles. The number of amides is 2. The van der Waals surface area contributed by atoms with Crippen molar-refractivity contribution < 1.29 is 9.59 Å². The average Bonchev–Trinajstić information content (AvgIpc) is 3.09. The molecule has 0 bridgehead atoms. The van der Waals surface area contributed by atoms with Crippen LogP contribution in [0, 0.1) is 11.8 Å². The average molecular weight is 241 g/mol. The zero-order valence-corrected chi connectivity index (χ0v) is 10.7. The van der Waals surface area contributed by atoms with Gasteiger partial charge in [-0.05, 0) is 18.8 Å². The van der Waals surface area contributed by atoms with Crippen LogP contribution in [0.4, 0.5) is 0 Å². The van der Waals surface area contributed by atoms with Crippen LogP contribution in [0.25, 0.3) is 0 Å². The van der Waals surface area contributed by atoms with E-state index in [4.69, 9.17) is 0 Å². The Kier molecular flexibility index (Phi) is 5.97. The summed E-state index contributed by atoms with van der Waals surface area (Å²) >= 11 is 0. The molecule has 1 fully saturated rings. The van der Waals surface area contributed by atoms with Gasteiger partial charge in [-0.1, -0.05) is 13.8 Å². The van der Waals surface area contributed by atoms with Gasteiger partial charge in [0.2, 0.25) is 11.8 Å². The normalized spacial score (nSPS) is 14.8. The van der Waals surface area contributed by atoms with Gasteiger partial charge >= 0.3 is 0 Å². The van der Waals surface area contributed by atoms with Crippen molar-refractivity contribution in [3.8, 4) is 0 Å². The minimum absolute atomic E-state index is 0.00668. The van der Waals surface area contributed by atoms with E-state index in [-0.39, 0.29) is 17.7 Å². The number of carbonyl (C=O) groups is 2. The Bertz CT molecular complexity index is 262. The lowest BCUT2D eigenvalue weighted by Crippen LogP contribution is -2.39. The largest absolute Gasteiger partial charge is 0.355 e. The van der Waals surface area contributed by atoms with Crippen LogP contribution >= 0.6 is 0 Å². The van der Waals surface area contributed by atoms with Gasteiger partial charge in [0.25, 0.3) is 0 Å². The fourth-order valence-electron chi connectivity index (χ4n) is 1.35. The van der Waals surface area contributed by atoms with Gasteiger partial charge in [0.1, 0.15) is 0 Å². The van der Waals surface area contributed by atoms with Gasteiger partial charge in [0, 0.05) is 25.6 Å². The van der Waals surface area contributed by atoms with Crippen LogP contribution in [-0.2, 0) is 9.59 Å². The third kappa shape index (κ3) is 6.94. The van der Waals surface area contributed by atoms with Gasteiger partial charge in [0.15, 0.2) is 0 Å². The minimum Gasteiger partial charge on any atom is -0.355 e. The highest BCUT2D eigenvalue weighted by molar-refractivity contribution is 5.80. The summed E-state index contributed by atoms with van der Waals surface area (Å²) in [5, 5.41) is 8.65. The molecule has 0 aromatic rings. The standard InChI is InChI=1S/C12H23N3O2/c1-9(2)7-15-11(16)8-13-5-6-14-12(17)10-3-4-10/h9-10,13H,3-8H2,1-2H3,(H,14,17)(H,15,16). The lowest BCUT2D eigenvalue weighted by atomic mass is 10.2. The van der Waals surface area contributed by atoms with Gasteiger partial charge in [-0.15, -0.1) is 0 Å². The van der Waals surface area contributed by atoms with E-state index < -0.39 is 0 Å². The SMILES string of the molecule is CC(C)CNC(=O)CNCCNC(=O)C1CC1. The third-order valence-electron chi connectivity index (χ3n) is 2.54. The van der Waals surface area contributed by atoms with Crippen molar-refractivity contribution in [1.29, 1.82) is 0 Å². The zero-order chi connectivity index (χ0) is 12.7. The van der Waals surface area contributed by atoms with Crippen LogP contribution in [0.5, 0.6) is 0 Å². The van der Waals surface area contributed by atoms with Gasteiger partial charge in [0.05, 0.1) is 6.54 Å². The fourth-order valence-corrected chi connectivity index (χ4v) is 1.35. The second kappa shape index (κ2) is 7.27. The molecule has 0 unspecified atom stereocenters. The van der Waals surface area contributed by atoms with Crippen LogP contribution in [0.1, 0.15) is 26.7 Å². The molecule has 0 spiro atoms. The van der Waals surface area contributed by atoms with Crippen LogP contribution in [0.15, 0.2) is 0 Å². The molecule has 5 heteroatoms. The maximum atomic E-state index is 11.3. The van der Waals surface area contributed by atoms with Crippen molar-refractivity contribution >= 4 is 11.8 Å². The van der Waals surface area contributed by atoms with Gasteiger partial charge in [-0.25, -0.2) is 0 Å². The molecule has 0 radical (unpaired) electrons. The second-order valence-electron chi connectivity index (χ2n) is 4.94. The number of hydrogen-bond donors (Lipinski definition) is 3. The number of nitrogens with one attached hydrogen (secondary N) is 3. The predicted molar refractivity (Wildman–Crippen MR) is 66.5 cm³/mol. The van der Waals surface area contributed by atoms with Gasteiger partial charge in [-0.2, -0.15) is 0 Å². The maximum absolute atomic E-state index is 11.3. The van der Waals surface area contributed by atoms with Crippen LogP contribution < -0.4 is 16.0 Å². The predicted octanol–water partition coefficient (Wildman–Crippen LogP) is -0.126. The van der Waals surface area contributed by atoms with Crippen LogP contribution in [0.2, 0.25) is 0 Å². The summed E-state index contributed by atoms with van der Waals surface area (Å²) < 4.78 is 0. The molecule has 2 amide bonds. The topological polar surface area (TPSA) is 70.2 Å². The molecule has 1 aliphatic carbocycles. The highest BCUT2D eigenvalue weighted by Gasteiger charge is 2.28. The molecular formula is C12H23N3O2. The first-order valence-corrected chi connectivity index (χ1v) is 6.34. The molecule has 1 saturated carbocycles. The van der Waals surface area contributed by atoms with Gasteiger partial charge in [-0.3, -0.25) is 9.59 Å². The first-order chi connectivity index (χ1) is 8.09. The van der Waals surface area contributed by atoms with Crippen molar-refractivity contribution in [3.05, 3.63) is 0 Å². The van der Waals surface area contributed by atoms with E-state index in [9.17, 15) is 9.59 Å². The molecule has 0 heterocycles. The Hall–Kier alpha value is -1.10. The van der Waals surface area contributed by atoms with Crippen molar-refractivity contribution in [2.75, 3.05) is 26.2 Å². The lowest BCUT2D eigenvalue weighted by Gasteiger charge is -2.09. The molecule has 98 valence electrons. The van der Waals surface area contributed by atoms with Crippen molar-refractivity contribution in [2.24, 2.45) is 11.8 Å². The monoisotopic (exact) mass is 241 g/mol. The number of hydrogen-bond acceptors (Lipinski definition) is 3. The summed E-state index contributed by atoms with van der Waals surface area (Å²) in [6.45, 7) is 6.35. The van der Waals surface area contributed by atoms with Crippen molar-refractivity contribution in [1.82, 2.24) is 16.0 Å². The summed E-state index contributed by atoms with van der Waals surface area (Å²) in [6, 6.07) is 0. The summed E-state index contributed by atoms with van der Waals surface area (Å²) in [6.07, 6.45) is 2.05. The first kappa shape index (κ1) is 14.0. The molecule has 3 N–H and O–H groups in total. The van der Waals surface area contributed by atoms with Gasteiger partial charge < -0.3 is 16.0 Å². The molecule has 17 heavy (non-hydrogen) atoms. The Balaban J connectivity index is 1.89. The summed E-state index contributed by atoms with van der Waals surface area (Å²) in [5.41, 5.74) is 0. The summed E-state index contributed by atoms with van der Waals surface area (Å²) in [7, 11) is 0. The molecule has 0 atom stereocenters. The summed E-state index contributed by atoms with van der Waals surface area (Å²) in [4.78, 5) is 22.6. The van der Waals surface area contributed by atoms with E-state index in [0.29, 0.717) is 32.1 Å². The van der Waals surface area contributed by atoms with E-state index in [1.54, 1.807) is 0 Å². The smallest absolute Gasteiger partial charge is 0.233 e. The van der Waals surface area contributed by atoms with Crippen LogP contribution in [-0.4, -0.2) is 38.0 Å². The van der Waals surface area contributed by atoms with E-state index in [1.165, 1.54) is 0 Å². The highest BCUT2D eigenvalue weighted by atomic mass is 16.2. The lowest BCUT2D eigenvalue weighted by molar-refractivity contribution is -0.122. The van der Waals surface area contributed by atoms with Crippen LogP contribution in [0.3, 0.4) is 0 Å². The number of carbonyl (C=O) groups excluding carboxylic acids is 2.